The summed E-state index contributed by atoms with van der Waals surface area (Å²) in [4.78, 5) is 11.6. The molecule has 0 aromatic carbocycles. The van der Waals surface area contributed by atoms with Gasteiger partial charge in [-0.15, -0.1) is 0 Å². The van der Waals surface area contributed by atoms with Gasteiger partial charge in [0.25, 0.3) is 0 Å². The predicted molar refractivity (Wildman–Crippen MR) is 62.6 cm³/mol. The molecule has 3 unspecified atom stereocenters. The van der Waals surface area contributed by atoms with Gasteiger partial charge in [-0.2, -0.15) is 0 Å². The van der Waals surface area contributed by atoms with Gasteiger partial charge >= 0.3 is 0 Å². The lowest BCUT2D eigenvalue weighted by atomic mass is 10.1. The number of rotatable bonds is 6. The second-order valence-corrected chi connectivity index (χ2v) is 5.18. The summed E-state index contributed by atoms with van der Waals surface area (Å²) in [5.74, 6) is 1.53. The third-order valence-electron chi connectivity index (χ3n) is 2.99. The molecule has 1 aliphatic rings. The monoisotopic (exact) mass is 212 g/mol. The Morgan fingerprint density at radius 2 is 2.00 bits per heavy atom. The number of hydrogen-bond acceptors (Lipinski definition) is 2. The number of hydrogen-bond donors (Lipinski definition) is 2. The third kappa shape index (κ3) is 4.65. The Bertz CT molecular complexity index is 216. The van der Waals surface area contributed by atoms with Crippen molar-refractivity contribution in [3.8, 4) is 0 Å². The molecular formula is C12H24N2O. The quantitative estimate of drug-likeness (QED) is 0.701. The molecular weight excluding hydrogens is 188 g/mol. The Labute approximate surface area is 93.0 Å². The molecule has 1 saturated carbocycles. The Balaban J connectivity index is 2.10. The number of carbonyl (C=O) groups excluding carboxylic acids is 1. The van der Waals surface area contributed by atoms with Gasteiger partial charge in [-0.3, -0.25) is 4.79 Å². The molecule has 15 heavy (non-hydrogen) atoms. The molecule has 0 aliphatic heterocycles. The first-order valence-electron chi connectivity index (χ1n) is 6.04. The SMILES string of the molecule is CC(C)CCNC(=O)C(C)NC1CC1C. The molecule has 0 saturated heterocycles. The van der Waals surface area contributed by atoms with Gasteiger partial charge in [0.15, 0.2) is 0 Å². The van der Waals surface area contributed by atoms with E-state index in [0.29, 0.717) is 12.0 Å². The van der Waals surface area contributed by atoms with Gasteiger partial charge in [-0.25, -0.2) is 0 Å². The van der Waals surface area contributed by atoms with E-state index in [1.54, 1.807) is 0 Å². The zero-order chi connectivity index (χ0) is 11.4. The molecule has 1 aliphatic carbocycles. The molecule has 3 heteroatoms. The van der Waals surface area contributed by atoms with Crippen molar-refractivity contribution in [1.82, 2.24) is 10.6 Å². The van der Waals surface area contributed by atoms with Crippen molar-refractivity contribution in [1.29, 1.82) is 0 Å². The maximum Gasteiger partial charge on any atom is 0.236 e. The average molecular weight is 212 g/mol. The minimum absolute atomic E-state index is 0.0490. The summed E-state index contributed by atoms with van der Waals surface area (Å²) in [6.07, 6.45) is 2.27. The smallest absolute Gasteiger partial charge is 0.236 e. The lowest BCUT2D eigenvalue weighted by molar-refractivity contribution is -0.122. The van der Waals surface area contributed by atoms with Gasteiger partial charge in [0, 0.05) is 12.6 Å². The second-order valence-electron chi connectivity index (χ2n) is 5.18. The number of amides is 1. The summed E-state index contributed by atoms with van der Waals surface area (Å²) in [6.45, 7) is 9.28. The second kappa shape index (κ2) is 5.50. The van der Waals surface area contributed by atoms with Crippen LogP contribution >= 0.6 is 0 Å². The summed E-state index contributed by atoms with van der Waals surface area (Å²) < 4.78 is 0. The lowest BCUT2D eigenvalue weighted by Crippen LogP contribution is -2.43. The molecule has 0 spiro atoms. The van der Waals surface area contributed by atoms with Crippen LogP contribution in [0.5, 0.6) is 0 Å². The fourth-order valence-electron chi connectivity index (χ4n) is 1.59. The molecule has 0 bridgehead atoms. The van der Waals surface area contributed by atoms with Crippen LogP contribution in [0, 0.1) is 11.8 Å². The van der Waals surface area contributed by atoms with Crippen LogP contribution in [-0.2, 0) is 4.79 Å². The summed E-state index contributed by atoms with van der Waals surface area (Å²) in [6, 6.07) is 0.517. The molecule has 1 fully saturated rings. The fraction of sp³-hybridized carbons (Fsp3) is 0.917. The van der Waals surface area contributed by atoms with Gasteiger partial charge in [-0.05, 0) is 31.6 Å². The Kier molecular flexibility index (Phi) is 4.58. The van der Waals surface area contributed by atoms with Crippen LogP contribution in [0.1, 0.15) is 40.5 Å². The van der Waals surface area contributed by atoms with Crippen LogP contribution in [0.3, 0.4) is 0 Å². The molecule has 0 aromatic rings. The molecule has 3 nitrogen and oxygen atoms in total. The summed E-state index contributed by atoms with van der Waals surface area (Å²) >= 11 is 0. The van der Waals surface area contributed by atoms with E-state index in [9.17, 15) is 4.79 Å². The van der Waals surface area contributed by atoms with E-state index in [2.05, 4.69) is 31.4 Å². The molecule has 2 N–H and O–H groups in total. The van der Waals surface area contributed by atoms with Crippen molar-refractivity contribution in [3.63, 3.8) is 0 Å². The zero-order valence-corrected chi connectivity index (χ0v) is 10.3. The molecule has 3 atom stereocenters. The van der Waals surface area contributed by atoms with Crippen LogP contribution < -0.4 is 10.6 Å². The van der Waals surface area contributed by atoms with E-state index in [1.807, 2.05) is 6.92 Å². The Morgan fingerprint density at radius 1 is 1.40 bits per heavy atom. The van der Waals surface area contributed by atoms with E-state index in [4.69, 9.17) is 0 Å². The largest absolute Gasteiger partial charge is 0.355 e. The maximum atomic E-state index is 11.6. The highest BCUT2D eigenvalue weighted by Crippen LogP contribution is 2.29. The zero-order valence-electron chi connectivity index (χ0n) is 10.3. The van der Waals surface area contributed by atoms with Crippen molar-refractivity contribution in [2.24, 2.45) is 11.8 Å². The highest BCUT2D eigenvalue weighted by molar-refractivity contribution is 5.81. The first-order valence-corrected chi connectivity index (χ1v) is 6.04. The number of nitrogens with one attached hydrogen (secondary N) is 2. The Morgan fingerprint density at radius 3 is 2.47 bits per heavy atom. The van der Waals surface area contributed by atoms with Crippen molar-refractivity contribution in [3.05, 3.63) is 0 Å². The lowest BCUT2D eigenvalue weighted by Gasteiger charge is -2.14. The fourth-order valence-corrected chi connectivity index (χ4v) is 1.59. The van der Waals surface area contributed by atoms with E-state index >= 15 is 0 Å². The van der Waals surface area contributed by atoms with E-state index in [0.717, 1.165) is 18.9 Å². The van der Waals surface area contributed by atoms with Gasteiger partial charge in [0.05, 0.1) is 6.04 Å². The van der Waals surface area contributed by atoms with Crippen LogP contribution in [-0.4, -0.2) is 24.5 Å². The Hall–Kier alpha value is -0.570. The van der Waals surface area contributed by atoms with Crippen molar-refractivity contribution in [2.45, 2.75) is 52.6 Å². The summed E-state index contributed by atoms with van der Waals surface area (Å²) in [7, 11) is 0. The summed E-state index contributed by atoms with van der Waals surface area (Å²) in [5, 5.41) is 6.29. The first kappa shape index (κ1) is 12.5. The molecule has 0 radical (unpaired) electrons. The van der Waals surface area contributed by atoms with E-state index < -0.39 is 0 Å². The van der Waals surface area contributed by atoms with Crippen LogP contribution in [0.15, 0.2) is 0 Å². The van der Waals surface area contributed by atoms with E-state index in [1.165, 1.54) is 6.42 Å². The number of carbonyl (C=O) groups is 1. The molecule has 1 amide bonds. The highest BCUT2D eigenvalue weighted by atomic mass is 16.2. The molecule has 1 rings (SSSR count). The first-order chi connectivity index (χ1) is 7.00. The van der Waals surface area contributed by atoms with Crippen LogP contribution in [0.4, 0.5) is 0 Å². The van der Waals surface area contributed by atoms with Crippen LogP contribution in [0.2, 0.25) is 0 Å². The molecule has 0 aromatic heterocycles. The standard InChI is InChI=1S/C12H24N2O/c1-8(2)5-6-13-12(15)10(4)14-11-7-9(11)3/h8-11,14H,5-7H2,1-4H3,(H,13,15). The molecule has 0 heterocycles. The maximum absolute atomic E-state index is 11.6. The van der Waals surface area contributed by atoms with Crippen LogP contribution in [0.25, 0.3) is 0 Å². The molecule has 88 valence electrons. The van der Waals surface area contributed by atoms with Gasteiger partial charge < -0.3 is 10.6 Å². The van der Waals surface area contributed by atoms with Gasteiger partial charge in [0.2, 0.25) is 5.91 Å². The topological polar surface area (TPSA) is 41.1 Å². The normalized spacial score (nSPS) is 26.5. The van der Waals surface area contributed by atoms with Crippen molar-refractivity contribution >= 4 is 5.91 Å². The predicted octanol–water partition coefficient (Wildman–Crippen LogP) is 1.54. The van der Waals surface area contributed by atoms with Gasteiger partial charge in [-0.1, -0.05) is 20.8 Å². The minimum atomic E-state index is -0.0490. The highest BCUT2D eigenvalue weighted by Gasteiger charge is 2.34. The van der Waals surface area contributed by atoms with E-state index in [-0.39, 0.29) is 11.9 Å². The summed E-state index contributed by atoms with van der Waals surface area (Å²) in [5.41, 5.74) is 0. The van der Waals surface area contributed by atoms with Crippen molar-refractivity contribution < 1.29 is 4.79 Å². The van der Waals surface area contributed by atoms with Gasteiger partial charge in [0.1, 0.15) is 0 Å². The van der Waals surface area contributed by atoms with Crippen molar-refractivity contribution in [2.75, 3.05) is 6.54 Å². The third-order valence-corrected chi connectivity index (χ3v) is 2.99. The average Bonchev–Trinajstić information content (AvgIpc) is 2.80. The minimum Gasteiger partial charge on any atom is -0.355 e.